The number of guanidine groups is 1. The van der Waals surface area contributed by atoms with Crippen LogP contribution in [0.2, 0.25) is 0 Å². The minimum absolute atomic E-state index is 0.0495. The lowest BCUT2D eigenvalue weighted by atomic mass is 9.84. The van der Waals surface area contributed by atoms with Gasteiger partial charge in [0.15, 0.2) is 5.96 Å². The number of hydrogen-bond acceptors (Lipinski definition) is 6. The van der Waals surface area contributed by atoms with Gasteiger partial charge in [0.2, 0.25) is 17.7 Å². The van der Waals surface area contributed by atoms with E-state index in [1.54, 1.807) is 48.8 Å². The van der Waals surface area contributed by atoms with E-state index >= 15 is 0 Å². The number of amidine groups is 1. The Morgan fingerprint density at radius 3 is 2.15 bits per heavy atom. The number of amides is 3. The molecule has 39 heavy (non-hydrogen) atoms. The standard InChI is InChI=1S/C27H39N9O3/c1-27(2,3)21(25(39)35-20(23(30)37)7-5-13-34-26(31)32)36-24(38)19(18-6-4-12-33-15-18)14-16-8-10-17(11-9-16)22(28)29/h4,6,8-12,15,19-21H,5,7,13-14H2,1-3H3,(H3,28,29)(H2,30,37)(H,35,39)(H,36,38)(H4,31,32,34)/t19-,20-,21+/m0/s1. The molecule has 1 heterocycles. The van der Waals surface area contributed by atoms with Crippen LogP contribution in [0.3, 0.4) is 0 Å². The van der Waals surface area contributed by atoms with Crippen molar-refractivity contribution in [1.82, 2.24) is 20.9 Å². The van der Waals surface area contributed by atoms with Crippen molar-refractivity contribution in [3.05, 3.63) is 65.5 Å². The van der Waals surface area contributed by atoms with Gasteiger partial charge in [-0.3, -0.25) is 30.2 Å². The molecule has 0 bridgehead atoms. The Hall–Kier alpha value is -4.48. The number of nitrogens with two attached hydrogens (primary N) is 3. The van der Waals surface area contributed by atoms with Gasteiger partial charge in [-0.05, 0) is 41.9 Å². The van der Waals surface area contributed by atoms with Gasteiger partial charge in [-0.1, -0.05) is 51.1 Å². The highest BCUT2D eigenvalue weighted by Crippen LogP contribution is 2.25. The Morgan fingerprint density at radius 1 is 0.974 bits per heavy atom. The highest BCUT2D eigenvalue weighted by molar-refractivity contribution is 5.95. The fourth-order valence-electron chi connectivity index (χ4n) is 3.99. The van der Waals surface area contributed by atoms with Crippen LogP contribution in [-0.2, 0) is 20.8 Å². The van der Waals surface area contributed by atoms with E-state index in [2.05, 4.69) is 20.9 Å². The van der Waals surface area contributed by atoms with Crippen LogP contribution in [0.5, 0.6) is 0 Å². The zero-order chi connectivity index (χ0) is 29.2. The molecule has 0 fully saturated rings. The molecule has 1 aromatic heterocycles. The number of aromatic nitrogens is 1. The van der Waals surface area contributed by atoms with Crippen molar-refractivity contribution in [2.24, 2.45) is 22.6 Å². The van der Waals surface area contributed by atoms with Crippen LogP contribution in [0.4, 0.5) is 0 Å². The number of nitrogens with zero attached hydrogens (tertiary/aromatic N) is 1. The molecule has 12 heteroatoms. The predicted octanol–water partition coefficient (Wildman–Crippen LogP) is 0.456. The average Bonchev–Trinajstić information content (AvgIpc) is 2.87. The molecule has 1 aromatic carbocycles. The summed E-state index contributed by atoms with van der Waals surface area (Å²) in [7, 11) is 0. The van der Waals surface area contributed by atoms with Gasteiger partial charge < -0.3 is 33.2 Å². The van der Waals surface area contributed by atoms with Crippen LogP contribution in [0.25, 0.3) is 0 Å². The molecule has 0 aliphatic carbocycles. The molecule has 0 aliphatic rings. The van der Waals surface area contributed by atoms with Crippen LogP contribution in [0, 0.1) is 16.2 Å². The van der Waals surface area contributed by atoms with Crippen LogP contribution >= 0.6 is 0 Å². The van der Waals surface area contributed by atoms with Gasteiger partial charge in [-0.25, -0.2) is 0 Å². The van der Waals surface area contributed by atoms with Gasteiger partial charge in [0.05, 0.1) is 5.92 Å². The third-order valence-electron chi connectivity index (χ3n) is 6.17. The summed E-state index contributed by atoms with van der Waals surface area (Å²) in [6, 6.07) is 8.66. The highest BCUT2D eigenvalue weighted by Gasteiger charge is 2.36. The molecule has 0 saturated carbocycles. The maximum atomic E-state index is 13.7. The number of carbonyl (C=O) groups is 3. The summed E-state index contributed by atoms with van der Waals surface area (Å²) in [4.78, 5) is 43.2. The van der Waals surface area contributed by atoms with Crippen molar-refractivity contribution < 1.29 is 14.4 Å². The number of benzene rings is 1. The molecule has 0 saturated heterocycles. The van der Waals surface area contributed by atoms with Crippen molar-refractivity contribution in [3.63, 3.8) is 0 Å². The Bertz CT molecular complexity index is 1160. The topological polar surface area (TPSA) is 226 Å². The van der Waals surface area contributed by atoms with Crippen LogP contribution in [-0.4, -0.2) is 53.1 Å². The summed E-state index contributed by atoms with van der Waals surface area (Å²) >= 11 is 0. The average molecular weight is 538 g/mol. The summed E-state index contributed by atoms with van der Waals surface area (Å²) in [5, 5.41) is 23.0. The molecule has 12 nitrogen and oxygen atoms in total. The number of nitrogen functional groups attached to an aromatic ring is 1. The second kappa shape index (κ2) is 13.9. The number of rotatable bonds is 13. The largest absolute Gasteiger partial charge is 0.384 e. The normalized spacial score (nSPS) is 13.4. The predicted molar refractivity (Wildman–Crippen MR) is 150 cm³/mol. The molecule has 3 amide bonds. The van der Waals surface area contributed by atoms with Crippen LogP contribution in [0.15, 0.2) is 48.8 Å². The first kappa shape index (κ1) is 30.7. The van der Waals surface area contributed by atoms with Crippen LogP contribution < -0.4 is 33.2 Å². The molecule has 0 unspecified atom stereocenters. The van der Waals surface area contributed by atoms with Crippen LogP contribution in [0.1, 0.15) is 56.2 Å². The molecule has 210 valence electrons. The fourth-order valence-corrected chi connectivity index (χ4v) is 3.99. The summed E-state index contributed by atoms with van der Waals surface area (Å²) in [5.74, 6) is -2.52. The Morgan fingerprint density at radius 2 is 1.64 bits per heavy atom. The molecule has 11 N–H and O–H groups in total. The molecular weight excluding hydrogens is 498 g/mol. The first-order valence-electron chi connectivity index (χ1n) is 12.6. The molecule has 0 radical (unpaired) electrons. The summed E-state index contributed by atoms with van der Waals surface area (Å²) in [6.45, 7) is 5.78. The number of nitrogens with one attached hydrogen (secondary N) is 5. The van der Waals surface area contributed by atoms with E-state index in [1.807, 2.05) is 20.8 Å². The van der Waals surface area contributed by atoms with Gasteiger partial charge in [0.1, 0.15) is 17.9 Å². The SMILES string of the molecule is CC(C)(C)[C@H](NC(=O)[C@@H](Cc1ccc(C(=N)N)cc1)c1cccnc1)C(=O)N[C@@H](CCCNC(=N)N)C(N)=O. The Labute approximate surface area is 228 Å². The molecule has 0 spiro atoms. The maximum absolute atomic E-state index is 13.7. The maximum Gasteiger partial charge on any atom is 0.243 e. The van der Waals surface area contributed by atoms with E-state index in [0.29, 0.717) is 30.5 Å². The first-order valence-corrected chi connectivity index (χ1v) is 12.6. The Balaban J connectivity index is 2.24. The third kappa shape index (κ3) is 9.72. The van der Waals surface area contributed by atoms with Gasteiger partial charge >= 0.3 is 0 Å². The number of carbonyl (C=O) groups excluding carboxylic acids is 3. The van der Waals surface area contributed by atoms with Gasteiger partial charge in [0.25, 0.3) is 0 Å². The van der Waals surface area contributed by atoms with Crippen molar-refractivity contribution in [1.29, 1.82) is 10.8 Å². The molecular formula is C27H39N9O3. The number of primary amides is 1. The highest BCUT2D eigenvalue weighted by atomic mass is 16.2. The lowest BCUT2D eigenvalue weighted by Gasteiger charge is -2.33. The van der Waals surface area contributed by atoms with E-state index in [-0.39, 0.29) is 24.1 Å². The number of hydrogen-bond donors (Lipinski definition) is 8. The van der Waals surface area contributed by atoms with Gasteiger partial charge in [-0.15, -0.1) is 0 Å². The Kier molecular flexibility index (Phi) is 10.9. The minimum atomic E-state index is -0.971. The smallest absolute Gasteiger partial charge is 0.243 e. The van der Waals surface area contributed by atoms with E-state index in [9.17, 15) is 14.4 Å². The van der Waals surface area contributed by atoms with E-state index in [4.69, 9.17) is 28.0 Å². The summed E-state index contributed by atoms with van der Waals surface area (Å²) < 4.78 is 0. The van der Waals surface area contributed by atoms with Crippen molar-refractivity contribution in [3.8, 4) is 0 Å². The zero-order valence-electron chi connectivity index (χ0n) is 22.6. The summed E-state index contributed by atoms with van der Waals surface area (Å²) in [6.07, 6.45) is 4.22. The molecule has 2 rings (SSSR count). The first-order chi connectivity index (χ1) is 18.3. The molecule has 0 aliphatic heterocycles. The quantitative estimate of drug-likeness (QED) is 0.102. The van der Waals surface area contributed by atoms with Crippen molar-refractivity contribution >= 4 is 29.5 Å². The molecule has 3 atom stereocenters. The fraction of sp³-hybridized carbons (Fsp3) is 0.407. The second-order valence-corrected chi connectivity index (χ2v) is 10.4. The number of pyridine rings is 1. The van der Waals surface area contributed by atoms with E-state index in [1.165, 1.54) is 0 Å². The van der Waals surface area contributed by atoms with Crippen molar-refractivity contribution in [2.75, 3.05) is 6.54 Å². The second-order valence-electron chi connectivity index (χ2n) is 10.4. The monoisotopic (exact) mass is 537 g/mol. The van der Waals surface area contributed by atoms with E-state index < -0.39 is 35.2 Å². The third-order valence-corrected chi connectivity index (χ3v) is 6.17. The summed E-state index contributed by atoms with van der Waals surface area (Å²) in [5.41, 5.74) is 17.7. The van der Waals surface area contributed by atoms with Gasteiger partial charge in [-0.2, -0.15) is 0 Å². The molecule has 2 aromatic rings. The zero-order valence-corrected chi connectivity index (χ0v) is 22.6. The minimum Gasteiger partial charge on any atom is -0.384 e. The lowest BCUT2D eigenvalue weighted by molar-refractivity contribution is -0.134. The van der Waals surface area contributed by atoms with Gasteiger partial charge in [0, 0.05) is 24.5 Å². The van der Waals surface area contributed by atoms with E-state index in [0.717, 1.165) is 5.56 Å². The lowest BCUT2D eigenvalue weighted by Crippen LogP contribution is -2.58. The van der Waals surface area contributed by atoms with Crippen molar-refractivity contribution in [2.45, 2.75) is 58.0 Å².